The second kappa shape index (κ2) is 9.51. The Kier molecular flexibility index (Phi) is 5.91. The summed E-state index contributed by atoms with van der Waals surface area (Å²) in [5.41, 5.74) is 3.74. The fourth-order valence-electron chi connectivity index (χ4n) is 4.21. The largest absolute Gasteiger partial charge is 0.402 e. The zero-order valence-corrected chi connectivity index (χ0v) is 20.3. The SMILES string of the molecule is Cc1nc(-c2nnc(N[C@H]3N=C(c4ccccc4)c4ccccc4NC3=O)o2)c(N2CCOCC2)s1. The maximum absolute atomic E-state index is 13.1. The smallest absolute Gasteiger partial charge is 0.317 e. The first kappa shape index (κ1) is 22.4. The first-order valence-corrected chi connectivity index (χ1v) is 12.4. The van der Waals surface area contributed by atoms with Gasteiger partial charge in [0.2, 0.25) is 6.17 Å². The number of rotatable bonds is 5. The molecule has 0 radical (unpaired) electrons. The molecule has 1 amide bonds. The molecule has 0 saturated carbocycles. The van der Waals surface area contributed by atoms with E-state index in [4.69, 9.17) is 14.1 Å². The van der Waals surface area contributed by atoms with Crippen LogP contribution in [0.15, 0.2) is 64.0 Å². The van der Waals surface area contributed by atoms with Gasteiger partial charge >= 0.3 is 6.01 Å². The number of amides is 1. The summed E-state index contributed by atoms with van der Waals surface area (Å²) in [6.45, 7) is 4.81. The van der Waals surface area contributed by atoms with E-state index in [0.717, 1.165) is 34.2 Å². The van der Waals surface area contributed by atoms with Gasteiger partial charge in [-0.05, 0) is 13.0 Å². The van der Waals surface area contributed by atoms with Gasteiger partial charge in [-0.3, -0.25) is 4.79 Å². The fraction of sp³-hybridized carbons (Fsp3) is 0.240. The summed E-state index contributed by atoms with van der Waals surface area (Å²) in [6, 6.07) is 17.4. The molecule has 1 atom stereocenters. The third-order valence-corrected chi connectivity index (χ3v) is 6.93. The molecule has 2 aliphatic heterocycles. The number of aromatic nitrogens is 3. The number of anilines is 3. The quantitative estimate of drug-likeness (QED) is 0.426. The molecular weight excluding hydrogens is 478 g/mol. The monoisotopic (exact) mass is 501 g/mol. The van der Waals surface area contributed by atoms with E-state index in [2.05, 4.69) is 30.7 Å². The predicted octanol–water partition coefficient (Wildman–Crippen LogP) is 3.57. The molecule has 0 aliphatic carbocycles. The molecule has 2 aromatic heterocycles. The highest BCUT2D eigenvalue weighted by Gasteiger charge is 2.28. The lowest BCUT2D eigenvalue weighted by Crippen LogP contribution is -2.35. The van der Waals surface area contributed by atoms with Gasteiger partial charge in [-0.2, -0.15) is 0 Å². The van der Waals surface area contributed by atoms with Crippen molar-refractivity contribution in [1.82, 2.24) is 15.2 Å². The topological polar surface area (TPSA) is 118 Å². The maximum atomic E-state index is 13.1. The number of morpholine rings is 1. The van der Waals surface area contributed by atoms with Crippen LogP contribution in [-0.4, -0.2) is 59.3 Å². The highest BCUT2D eigenvalue weighted by molar-refractivity contribution is 7.16. The molecule has 0 bridgehead atoms. The minimum absolute atomic E-state index is 0.0887. The van der Waals surface area contributed by atoms with E-state index in [-0.39, 0.29) is 17.8 Å². The van der Waals surface area contributed by atoms with Gasteiger partial charge in [0, 0.05) is 24.2 Å². The lowest BCUT2D eigenvalue weighted by atomic mass is 10.0. The molecule has 2 aliphatic rings. The standard InChI is InChI=1S/C25H23N7O3S/c1-15-26-20(24(36-15)32-11-13-34-14-12-32)23-30-31-25(35-23)29-21-22(33)27-18-10-6-5-9-17(18)19(28-21)16-7-3-2-4-8-16/h2-10,21H,11-14H2,1H3,(H,27,33)(H,29,31)/t21-/m1/s1. The Morgan fingerprint density at radius 1 is 1.06 bits per heavy atom. The number of nitrogens with zero attached hydrogens (tertiary/aromatic N) is 5. The normalized spacial score (nSPS) is 17.7. The van der Waals surface area contributed by atoms with Gasteiger partial charge in [0.25, 0.3) is 11.8 Å². The van der Waals surface area contributed by atoms with Crippen molar-refractivity contribution in [3.05, 3.63) is 70.7 Å². The number of carbonyl (C=O) groups excluding carboxylic acids is 1. The van der Waals surface area contributed by atoms with E-state index in [0.29, 0.717) is 30.3 Å². The molecule has 1 saturated heterocycles. The summed E-state index contributed by atoms with van der Waals surface area (Å²) in [5, 5.41) is 16.2. The van der Waals surface area contributed by atoms with Gasteiger partial charge < -0.3 is 24.7 Å². The van der Waals surface area contributed by atoms with E-state index < -0.39 is 6.17 Å². The van der Waals surface area contributed by atoms with E-state index in [1.165, 1.54) is 0 Å². The highest BCUT2D eigenvalue weighted by Crippen LogP contribution is 2.36. The Bertz CT molecular complexity index is 1430. The zero-order chi connectivity index (χ0) is 24.5. The molecule has 0 unspecified atom stereocenters. The molecule has 182 valence electrons. The van der Waals surface area contributed by atoms with Gasteiger partial charge in [0.1, 0.15) is 5.00 Å². The first-order chi connectivity index (χ1) is 17.7. The van der Waals surface area contributed by atoms with Crippen LogP contribution in [0, 0.1) is 6.92 Å². The maximum Gasteiger partial charge on any atom is 0.317 e. The number of fused-ring (bicyclic) bond motifs is 1. The number of thiazole rings is 1. The number of para-hydroxylation sites is 1. The third-order valence-electron chi connectivity index (χ3n) is 5.90. The number of ether oxygens (including phenoxy) is 1. The Hall–Kier alpha value is -4.09. The van der Waals surface area contributed by atoms with Crippen molar-refractivity contribution >= 4 is 39.7 Å². The van der Waals surface area contributed by atoms with Gasteiger partial charge in [-0.25, -0.2) is 9.98 Å². The summed E-state index contributed by atoms with van der Waals surface area (Å²) in [6.07, 6.45) is -0.975. The fourth-order valence-corrected chi connectivity index (χ4v) is 5.17. The minimum Gasteiger partial charge on any atom is -0.402 e. The Labute approximate surface area is 211 Å². The van der Waals surface area contributed by atoms with Crippen molar-refractivity contribution in [3.63, 3.8) is 0 Å². The molecule has 6 rings (SSSR count). The average molecular weight is 502 g/mol. The van der Waals surface area contributed by atoms with Crippen LogP contribution in [0.5, 0.6) is 0 Å². The van der Waals surface area contributed by atoms with Gasteiger partial charge in [0.05, 0.1) is 29.6 Å². The molecule has 2 aromatic carbocycles. The molecule has 0 spiro atoms. The lowest BCUT2D eigenvalue weighted by Gasteiger charge is -2.27. The molecule has 11 heteroatoms. The summed E-state index contributed by atoms with van der Waals surface area (Å²) in [4.78, 5) is 24.7. The number of benzene rings is 2. The number of nitrogens with one attached hydrogen (secondary N) is 2. The van der Waals surface area contributed by atoms with E-state index >= 15 is 0 Å². The third kappa shape index (κ3) is 4.34. The number of benzodiazepines with no additional fused rings is 1. The molecule has 36 heavy (non-hydrogen) atoms. The average Bonchev–Trinajstić information content (AvgIpc) is 3.51. The number of hydrogen-bond donors (Lipinski definition) is 2. The lowest BCUT2D eigenvalue weighted by molar-refractivity contribution is -0.116. The van der Waals surface area contributed by atoms with Crippen molar-refractivity contribution in [1.29, 1.82) is 0 Å². The van der Waals surface area contributed by atoms with Crippen molar-refractivity contribution in [2.24, 2.45) is 4.99 Å². The number of hydrogen-bond acceptors (Lipinski definition) is 10. The van der Waals surface area contributed by atoms with Crippen LogP contribution < -0.4 is 15.5 Å². The van der Waals surface area contributed by atoms with E-state index in [9.17, 15) is 4.79 Å². The van der Waals surface area contributed by atoms with Crippen molar-refractivity contribution in [2.45, 2.75) is 13.1 Å². The van der Waals surface area contributed by atoms with E-state index in [1.807, 2.05) is 61.5 Å². The van der Waals surface area contributed by atoms with Crippen LogP contribution in [0.1, 0.15) is 16.1 Å². The van der Waals surface area contributed by atoms with Gasteiger partial charge in [-0.15, -0.1) is 16.4 Å². The van der Waals surface area contributed by atoms with Crippen LogP contribution in [0.3, 0.4) is 0 Å². The predicted molar refractivity (Wildman–Crippen MR) is 138 cm³/mol. The molecule has 4 heterocycles. The highest BCUT2D eigenvalue weighted by atomic mass is 32.1. The Morgan fingerprint density at radius 3 is 2.67 bits per heavy atom. The summed E-state index contributed by atoms with van der Waals surface area (Å²) in [5.74, 6) is -0.0421. The zero-order valence-electron chi connectivity index (χ0n) is 19.5. The van der Waals surface area contributed by atoms with Crippen molar-refractivity contribution in [3.8, 4) is 11.6 Å². The summed E-state index contributed by atoms with van der Waals surface area (Å²) in [7, 11) is 0. The summed E-state index contributed by atoms with van der Waals surface area (Å²) < 4.78 is 11.4. The molecule has 10 nitrogen and oxygen atoms in total. The second-order valence-corrected chi connectivity index (χ2v) is 9.51. The Morgan fingerprint density at radius 2 is 1.83 bits per heavy atom. The Balaban J connectivity index is 1.31. The van der Waals surface area contributed by atoms with Crippen molar-refractivity contribution in [2.75, 3.05) is 41.8 Å². The van der Waals surface area contributed by atoms with Gasteiger partial charge in [-0.1, -0.05) is 53.6 Å². The number of aliphatic imine (C=N–C) groups is 1. The molecule has 4 aromatic rings. The van der Waals surface area contributed by atoms with Crippen LogP contribution in [0.2, 0.25) is 0 Å². The minimum atomic E-state index is -0.975. The van der Waals surface area contributed by atoms with E-state index in [1.54, 1.807) is 11.3 Å². The van der Waals surface area contributed by atoms with Crippen LogP contribution in [0.4, 0.5) is 16.7 Å². The van der Waals surface area contributed by atoms with Crippen LogP contribution in [-0.2, 0) is 9.53 Å². The molecule has 2 N–H and O–H groups in total. The molecular formula is C25H23N7O3S. The number of aryl methyl sites for hydroxylation is 1. The van der Waals surface area contributed by atoms with Crippen molar-refractivity contribution < 1.29 is 13.9 Å². The van der Waals surface area contributed by atoms with Crippen LogP contribution >= 0.6 is 11.3 Å². The first-order valence-electron chi connectivity index (χ1n) is 11.6. The molecule has 1 fully saturated rings. The van der Waals surface area contributed by atoms with Crippen LogP contribution in [0.25, 0.3) is 11.6 Å². The van der Waals surface area contributed by atoms with Gasteiger partial charge in [0.15, 0.2) is 5.69 Å². The summed E-state index contributed by atoms with van der Waals surface area (Å²) >= 11 is 1.58. The second-order valence-electron chi connectivity index (χ2n) is 8.32. The number of carbonyl (C=O) groups is 1.